The van der Waals surface area contributed by atoms with Crippen molar-refractivity contribution in [2.45, 2.75) is 6.42 Å². The van der Waals surface area contributed by atoms with Gasteiger partial charge < -0.3 is 9.90 Å². The summed E-state index contributed by atoms with van der Waals surface area (Å²) in [5.74, 6) is -2.45. The van der Waals surface area contributed by atoms with Gasteiger partial charge in [0.1, 0.15) is 0 Å². The molecule has 0 fully saturated rings. The molecule has 0 bridgehead atoms. The molecule has 80 valence electrons. The first-order chi connectivity index (χ1) is 7.09. The number of carboxylic acid groups (broad SMARTS) is 1. The Morgan fingerprint density at radius 3 is 2.40 bits per heavy atom. The number of nitrogens with zero attached hydrogens (tertiary/aromatic N) is 1. The summed E-state index contributed by atoms with van der Waals surface area (Å²) in [5, 5.41) is 20.8. The summed E-state index contributed by atoms with van der Waals surface area (Å²) in [6.45, 7) is -0.600. The van der Waals surface area contributed by atoms with E-state index in [9.17, 15) is 20.0 Å². The maximum Gasteiger partial charge on any atom is 0.212 e. The van der Waals surface area contributed by atoms with Crippen molar-refractivity contribution in [3.8, 4) is 0 Å². The topological polar surface area (TPSA) is 83.3 Å². The van der Waals surface area contributed by atoms with Crippen LogP contribution in [0.2, 0.25) is 0 Å². The summed E-state index contributed by atoms with van der Waals surface area (Å²) in [6.07, 6.45) is 0.129. The van der Waals surface area contributed by atoms with Gasteiger partial charge in [-0.1, -0.05) is 30.3 Å². The minimum atomic E-state index is -1.38. The van der Waals surface area contributed by atoms with Gasteiger partial charge in [-0.15, -0.1) is 0 Å². The van der Waals surface area contributed by atoms with Crippen LogP contribution >= 0.6 is 0 Å². The fourth-order valence-electron chi connectivity index (χ4n) is 1.30. The van der Waals surface area contributed by atoms with E-state index >= 15 is 0 Å². The van der Waals surface area contributed by atoms with Crippen LogP contribution in [0, 0.1) is 16.0 Å². The van der Waals surface area contributed by atoms with Crippen molar-refractivity contribution < 1.29 is 14.8 Å². The third kappa shape index (κ3) is 3.76. The van der Waals surface area contributed by atoms with Gasteiger partial charge in [0.05, 0.1) is 11.9 Å². The lowest BCUT2D eigenvalue weighted by Gasteiger charge is -2.13. The van der Waals surface area contributed by atoms with Crippen LogP contribution in [-0.4, -0.2) is 17.4 Å². The molecule has 0 radical (unpaired) electrons. The molecule has 5 nitrogen and oxygen atoms in total. The molecule has 0 unspecified atom stereocenters. The minimum Gasteiger partial charge on any atom is -0.550 e. The predicted octanol–water partition coefficient (Wildman–Crippen LogP) is -0.128. The van der Waals surface area contributed by atoms with Gasteiger partial charge in [-0.05, 0) is 12.0 Å². The van der Waals surface area contributed by atoms with E-state index in [0.29, 0.717) is 0 Å². The van der Waals surface area contributed by atoms with E-state index in [1.165, 1.54) is 0 Å². The summed E-state index contributed by atoms with van der Waals surface area (Å²) < 4.78 is 0. The number of carbonyl (C=O) groups excluding carboxylic acids is 1. The highest BCUT2D eigenvalue weighted by Gasteiger charge is 2.16. The van der Waals surface area contributed by atoms with Crippen LogP contribution in [0.5, 0.6) is 0 Å². The van der Waals surface area contributed by atoms with Crippen LogP contribution in [-0.2, 0) is 11.2 Å². The lowest BCUT2D eigenvalue weighted by Crippen LogP contribution is -2.36. The van der Waals surface area contributed by atoms with Gasteiger partial charge in [0.15, 0.2) is 0 Å². The van der Waals surface area contributed by atoms with E-state index in [-0.39, 0.29) is 6.42 Å². The zero-order valence-corrected chi connectivity index (χ0v) is 7.96. The second kappa shape index (κ2) is 5.09. The van der Waals surface area contributed by atoms with Crippen LogP contribution in [0.3, 0.4) is 0 Å². The molecule has 0 aliphatic carbocycles. The second-order valence-corrected chi connectivity index (χ2v) is 3.22. The summed E-state index contributed by atoms with van der Waals surface area (Å²) in [6, 6.07) is 8.78. The van der Waals surface area contributed by atoms with Crippen molar-refractivity contribution in [1.29, 1.82) is 0 Å². The summed E-state index contributed by atoms with van der Waals surface area (Å²) in [5.41, 5.74) is 0.758. The molecule has 0 spiro atoms. The Labute approximate surface area is 86.5 Å². The predicted molar refractivity (Wildman–Crippen MR) is 50.5 cm³/mol. The Hall–Kier alpha value is -1.91. The molecule has 0 N–H and O–H groups in total. The molecule has 1 rings (SSSR count). The molecule has 0 aliphatic heterocycles. The highest BCUT2D eigenvalue weighted by atomic mass is 16.6. The zero-order valence-electron chi connectivity index (χ0n) is 7.96. The number of benzene rings is 1. The van der Waals surface area contributed by atoms with Crippen molar-refractivity contribution >= 4 is 5.97 Å². The van der Waals surface area contributed by atoms with Crippen molar-refractivity contribution in [1.82, 2.24) is 0 Å². The number of hydrogen-bond donors (Lipinski definition) is 0. The highest BCUT2D eigenvalue weighted by molar-refractivity contribution is 5.68. The van der Waals surface area contributed by atoms with Gasteiger partial charge in [-0.3, -0.25) is 10.1 Å². The van der Waals surface area contributed by atoms with Crippen molar-refractivity contribution in [2.24, 2.45) is 5.92 Å². The Morgan fingerprint density at radius 1 is 1.33 bits per heavy atom. The van der Waals surface area contributed by atoms with E-state index in [4.69, 9.17) is 0 Å². The number of rotatable bonds is 5. The molecule has 1 aromatic rings. The number of aliphatic carboxylic acids is 1. The molecule has 15 heavy (non-hydrogen) atoms. The molecule has 0 aromatic heterocycles. The SMILES string of the molecule is O=C([O-])[C@H](Cc1ccccc1)C[N+](=O)[O-]. The van der Waals surface area contributed by atoms with Gasteiger partial charge >= 0.3 is 0 Å². The van der Waals surface area contributed by atoms with Gasteiger partial charge in [0.2, 0.25) is 6.54 Å². The maximum atomic E-state index is 10.6. The molecular weight excluding hydrogens is 198 g/mol. The number of nitro groups is 1. The molecule has 0 amide bonds. The molecule has 0 saturated heterocycles. The largest absolute Gasteiger partial charge is 0.550 e. The standard InChI is InChI=1S/C10H11NO4/c12-10(13)9(7-11(14)15)6-8-4-2-1-3-5-8/h1-5,9H,6-7H2,(H,12,13)/p-1/t9-/m1/s1. The van der Waals surface area contributed by atoms with Gasteiger partial charge in [0.25, 0.3) is 0 Å². The first kappa shape index (κ1) is 11.2. The molecular formula is C10H10NO4-. The zero-order chi connectivity index (χ0) is 11.3. The van der Waals surface area contributed by atoms with E-state index in [1.54, 1.807) is 30.3 Å². The van der Waals surface area contributed by atoms with E-state index in [2.05, 4.69) is 0 Å². The summed E-state index contributed by atoms with van der Waals surface area (Å²) in [4.78, 5) is 20.2. The Bertz CT molecular complexity index is 350. The average molecular weight is 208 g/mol. The Kier molecular flexibility index (Phi) is 3.79. The number of hydrogen-bond acceptors (Lipinski definition) is 4. The minimum absolute atomic E-state index is 0.129. The smallest absolute Gasteiger partial charge is 0.212 e. The fraction of sp³-hybridized carbons (Fsp3) is 0.300. The lowest BCUT2D eigenvalue weighted by atomic mass is 10.00. The van der Waals surface area contributed by atoms with Crippen molar-refractivity contribution in [3.63, 3.8) is 0 Å². The van der Waals surface area contributed by atoms with Gasteiger partial charge in [-0.2, -0.15) is 0 Å². The third-order valence-corrected chi connectivity index (χ3v) is 2.03. The van der Waals surface area contributed by atoms with E-state index in [0.717, 1.165) is 5.56 Å². The average Bonchev–Trinajstić information content (AvgIpc) is 2.17. The van der Waals surface area contributed by atoms with Crippen LogP contribution in [0.4, 0.5) is 0 Å². The molecule has 1 aromatic carbocycles. The number of carbonyl (C=O) groups is 1. The molecule has 0 heterocycles. The quantitative estimate of drug-likeness (QED) is 0.498. The van der Waals surface area contributed by atoms with E-state index < -0.39 is 23.4 Å². The highest BCUT2D eigenvalue weighted by Crippen LogP contribution is 2.08. The first-order valence-corrected chi connectivity index (χ1v) is 4.46. The lowest BCUT2D eigenvalue weighted by molar-refractivity contribution is -0.488. The maximum absolute atomic E-state index is 10.6. The van der Waals surface area contributed by atoms with Crippen LogP contribution in [0.15, 0.2) is 30.3 Å². The summed E-state index contributed by atoms with van der Waals surface area (Å²) >= 11 is 0. The van der Waals surface area contributed by atoms with Crippen molar-refractivity contribution in [3.05, 3.63) is 46.0 Å². The molecule has 5 heteroatoms. The molecule has 0 aliphatic rings. The van der Waals surface area contributed by atoms with Gasteiger partial charge in [-0.25, -0.2) is 0 Å². The molecule has 0 saturated carbocycles. The Balaban J connectivity index is 2.67. The van der Waals surface area contributed by atoms with Crippen molar-refractivity contribution in [2.75, 3.05) is 6.54 Å². The monoisotopic (exact) mass is 208 g/mol. The third-order valence-electron chi connectivity index (χ3n) is 2.03. The van der Waals surface area contributed by atoms with E-state index in [1.807, 2.05) is 0 Å². The van der Waals surface area contributed by atoms with Crippen LogP contribution in [0.1, 0.15) is 5.56 Å². The van der Waals surface area contributed by atoms with Crippen LogP contribution in [0.25, 0.3) is 0 Å². The number of carboxylic acids is 1. The van der Waals surface area contributed by atoms with Crippen LogP contribution < -0.4 is 5.11 Å². The second-order valence-electron chi connectivity index (χ2n) is 3.22. The normalized spacial score (nSPS) is 12.0. The summed E-state index contributed by atoms with van der Waals surface area (Å²) in [7, 11) is 0. The molecule has 1 atom stereocenters. The fourth-order valence-corrected chi connectivity index (χ4v) is 1.30. The van der Waals surface area contributed by atoms with Gasteiger partial charge in [0, 0.05) is 4.92 Å². The first-order valence-electron chi connectivity index (χ1n) is 4.46. The Morgan fingerprint density at radius 2 is 1.93 bits per heavy atom.